The fraction of sp³-hybridized carbons (Fsp3) is 0.418. The van der Waals surface area contributed by atoms with Gasteiger partial charge in [0.15, 0.2) is 0 Å². The molecule has 4 N–H and O–H groups in total. The van der Waals surface area contributed by atoms with Crippen LogP contribution in [0.2, 0.25) is 5.02 Å². The molecule has 4 aromatic carbocycles. The minimum atomic E-state index is -1.15. The van der Waals surface area contributed by atoms with Gasteiger partial charge >= 0.3 is 11.9 Å². The van der Waals surface area contributed by atoms with Crippen LogP contribution < -0.4 is 24.8 Å². The van der Waals surface area contributed by atoms with Crippen molar-refractivity contribution in [3.05, 3.63) is 148 Å². The van der Waals surface area contributed by atoms with Crippen molar-refractivity contribution < 1.29 is 38.8 Å². The van der Waals surface area contributed by atoms with Crippen LogP contribution in [0.5, 0.6) is 17.2 Å². The van der Waals surface area contributed by atoms with E-state index in [-0.39, 0.29) is 42.6 Å². The number of hydrogen-bond acceptors (Lipinski definition) is 8. The van der Waals surface area contributed by atoms with E-state index in [1.165, 1.54) is 16.7 Å². The third-order valence-corrected chi connectivity index (χ3v) is 14.6. The molecule has 0 bridgehead atoms. The van der Waals surface area contributed by atoms with Crippen LogP contribution >= 0.6 is 11.6 Å². The summed E-state index contributed by atoms with van der Waals surface area (Å²) in [7, 11) is 0. The lowest BCUT2D eigenvalue weighted by Crippen LogP contribution is -2.53. The van der Waals surface area contributed by atoms with Gasteiger partial charge in [0, 0.05) is 41.0 Å². The number of nitrogens with zero attached hydrogens (tertiary/aromatic N) is 1. The Kier molecular flexibility index (Phi) is 15.1. The molecule has 1 amide bonds. The molecule has 12 heteroatoms. The molecule has 4 atom stereocenters. The quantitative estimate of drug-likeness (QED) is 0.0554. The maximum Gasteiger partial charge on any atom is 0.329 e. The second-order valence-electron chi connectivity index (χ2n) is 19.0. The highest BCUT2D eigenvalue weighted by atomic mass is 35.5. The number of aryl methyl sites for hydroxylation is 1. The minimum Gasteiger partial charge on any atom is -0.494 e. The highest BCUT2D eigenvalue weighted by Crippen LogP contribution is 2.57. The largest absolute Gasteiger partial charge is 0.494 e. The van der Waals surface area contributed by atoms with Crippen molar-refractivity contribution in [2.75, 3.05) is 18.5 Å². The second kappa shape index (κ2) is 21.3. The fourth-order valence-electron chi connectivity index (χ4n) is 10.8. The minimum absolute atomic E-state index is 0.102. The SMILES string of the molecule is C[C@@H](COc1ccnc2c1[C@H](C)CCC2)C[C@H]1Cc2ccc(OCCCC(=O)N[C@@H](Cc3ccc(OCc4ccccc4)cc3)C(=O)O)cc2C12CCC(Nc1cccc(Cl)c1)(C(=O)O)CC2. The Morgan fingerprint density at radius 1 is 0.866 bits per heavy atom. The smallest absolute Gasteiger partial charge is 0.329 e. The first-order valence-electron chi connectivity index (χ1n) is 23.8. The standard InChI is InChI=1S/C55H62ClN3O8/c1-36(34-67-49-22-27-57-47-14-6-9-37(2)51(47)49)29-41-31-40-18-21-45(33-46(40)54(41)23-25-55(26-24-54,53(63)64)59-43-13-7-12-42(56)32-43)65-28-8-15-50(60)58-48(52(61)62)30-38-16-19-44(20-17-38)66-35-39-10-4-3-5-11-39/h3-5,7,10-13,16-22,27,32-33,36-37,41,48,59H,6,8-9,14-15,23-26,28-31,34-35H2,1-2H3,(H,58,60)(H,61,62)(H,63,64)/t36-,37-,41+,48+,54?,55?/m1/s1. The van der Waals surface area contributed by atoms with Crippen LogP contribution in [0.4, 0.5) is 5.69 Å². The van der Waals surface area contributed by atoms with Crippen LogP contribution in [0.15, 0.2) is 109 Å². The molecule has 352 valence electrons. The fourth-order valence-corrected chi connectivity index (χ4v) is 10.9. The molecular weight excluding hydrogens is 866 g/mol. The van der Waals surface area contributed by atoms with Crippen molar-refractivity contribution >= 4 is 35.1 Å². The maximum atomic E-state index is 13.1. The molecule has 1 heterocycles. The predicted octanol–water partition coefficient (Wildman–Crippen LogP) is 10.7. The summed E-state index contributed by atoms with van der Waals surface area (Å²) in [6.07, 6.45) is 9.76. The Morgan fingerprint density at radius 2 is 1.64 bits per heavy atom. The van der Waals surface area contributed by atoms with Crippen LogP contribution in [0.3, 0.4) is 0 Å². The highest BCUT2D eigenvalue weighted by Gasteiger charge is 2.54. The summed E-state index contributed by atoms with van der Waals surface area (Å²) in [4.78, 5) is 43.0. The number of nitrogens with one attached hydrogen (secondary N) is 2. The molecule has 0 saturated heterocycles. The number of carboxylic acid groups (broad SMARTS) is 2. The van der Waals surface area contributed by atoms with E-state index >= 15 is 0 Å². The number of carboxylic acids is 2. The third-order valence-electron chi connectivity index (χ3n) is 14.3. The van der Waals surface area contributed by atoms with Crippen LogP contribution in [-0.4, -0.2) is 57.8 Å². The van der Waals surface area contributed by atoms with Gasteiger partial charge in [-0.15, -0.1) is 0 Å². The zero-order valence-corrected chi connectivity index (χ0v) is 39.2. The second-order valence-corrected chi connectivity index (χ2v) is 19.5. The first kappa shape index (κ1) is 47.4. The zero-order chi connectivity index (χ0) is 47.0. The summed E-state index contributed by atoms with van der Waals surface area (Å²) in [5.41, 5.74) is 5.94. The molecule has 1 spiro atoms. The number of hydrogen-bond donors (Lipinski definition) is 4. The van der Waals surface area contributed by atoms with E-state index in [4.69, 9.17) is 25.8 Å². The molecule has 1 aromatic heterocycles. The number of ether oxygens (including phenoxy) is 3. The number of aromatic nitrogens is 1. The molecule has 11 nitrogen and oxygen atoms in total. The topological polar surface area (TPSA) is 156 Å². The van der Waals surface area contributed by atoms with Crippen LogP contribution in [0.25, 0.3) is 0 Å². The molecule has 1 saturated carbocycles. The normalized spacial score (nSPS) is 21.6. The summed E-state index contributed by atoms with van der Waals surface area (Å²) < 4.78 is 18.8. The predicted molar refractivity (Wildman–Crippen MR) is 259 cm³/mol. The lowest BCUT2D eigenvalue weighted by molar-refractivity contribution is -0.144. The summed E-state index contributed by atoms with van der Waals surface area (Å²) >= 11 is 6.32. The maximum absolute atomic E-state index is 13.1. The molecule has 0 aliphatic heterocycles. The van der Waals surface area contributed by atoms with Crippen LogP contribution in [0, 0.1) is 11.8 Å². The Balaban J connectivity index is 0.901. The number of fused-ring (bicyclic) bond motifs is 3. The first-order chi connectivity index (χ1) is 32.4. The summed E-state index contributed by atoms with van der Waals surface area (Å²) in [6.45, 7) is 5.78. The van der Waals surface area contributed by atoms with Gasteiger partial charge in [0.25, 0.3) is 0 Å². The van der Waals surface area contributed by atoms with E-state index < -0.39 is 23.5 Å². The van der Waals surface area contributed by atoms with Gasteiger partial charge in [0.1, 0.15) is 35.4 Å². The van der Waals surface area contributed by atoms with Gasteiger partial charge in [-0.1, -0.05) is 80.0 Å². The van der Waals surface area contributed by atoms with Gasteiger partial charge in [-0.25, -0.2) is 9.59 Å². The number of carbonyl (C=O) groups excluding carboxylic acids is 1. The molecule has 0 unspecified atom stereocenters. The van der Waals surface area contributed by atoms with Gasteiger partial charge < -0.3 is 35.1 Å². The number of anilines is 1. The van der Waals surface area contributed by atoms with E-state index in [0.29, 0.717) is 73.4 Å². The molecule has 8 rings (SSSR count). The highest BCUT2D eigenvalue weighted by molar-refractivity contribution is 6.30. The molecule has 1 fully saturated rings. The number of pyridine rings is 1. The average Bonchev–Trinajstić information content (AvgIpc) is 3.61. The Bertz CT molecular complexity index is 2510. The first-order valence-corrected chi connectivity index (χ1v) is 24.2. The number of aliphatic carboxylic acids is 2. The summed E-state index contributed by atoms with van der Waals surface area (Å²) in [5.74, 6) is 0.886. The number of carbonyl (C=O) groups is 3. The van der Waals surface area contributed by atoms with Gasteiger partial charge in [-0.2, -0.15) is 0 Å². The van der Waals surface area contributed by atoms with Crippen molar-refractivity contribution in [3.8, 4) is 17.2 Å². The summed E-state index contributed by atoms with van der Waals surface area (Å²) in [5, 5.41) is 27.3. The van der Waals surface area contributed by atoms with E-state index in [9.17, 15) is 24.6 Å². The number of halogens is 1. The Morgan fingerprint density at radius 3 is 2.39 bits per heavy atom. The molecule has 0 radical (unpaired) electrons. The number of rotatable bonds is 20. The van der Waals surface area contributed by atoms with Crippen LogP contribution in [0.1, 0.15) is 111 Å². The molecule has 3 aliphatic rings. The number of benzene rings is 4. The van der Waals surface area contributed by atoms with Crippen molar-refractivity contribution in [3.63, 3.8) is 0 Å². The van der Waals surface area contributed by atoms with Gasteiger partial charge in [0.05, 0.1) is 13.2 Å². The molecule has 67 heavy (non-hydrogen) atoms. The zero-order valence-electron chi connectivity index (χ0n) is 38.5. The van der Waals surface area contributed by atoms with E-state index in [1.54, 1.807) is 24.3 Å². The van der Waals surface area contributed by atoms with Crippen LogP contribution in [-0.2, 0) is 45.7 Å². The Labute approximate surface area is 398 Å². The van der Waals surface area contributed by atoms with E-state index in [2.05, 4.69) is 41.6 Å². The molecular formula is C55H62ClN3O8. The van der Waals surface area contributed by atoms with Crippen molar-refractivity contribution in [1.29, 1.82) is 0 Å². The van der Waals surface area contributed by atoms with Crippen molar-refractivity contribution in [2.45, 2.75) is 120 Å². The lowest BCUT2D eigenvalue weighted by atomic mass is 9.59. The lowest BCUT2D eigenvalue weighted by Gasteiger charge is -2.47. The van der Waals surface area contributed by atoms with Crippen molar-refractivity contribution in [1.82, 2.24) is 10.3 Å². The van der Waals surface area contributed by atoms with Gasteiger partial charge in [-0.3, -0.25) is 9.78 Å². The number of amides is 1. The van der Waals surface area contributed by atoms with E-state index in [1.807, 2.05) is 72.9 Å². The molecule has 3 aliphatic carbocycles. The third kappa shape index (κ3) is 11.4. The van der Waals surface area contributed by atoms with Gasteiger partial charge in [-0.05, 0) is 158 Å². The summed E-state index contributed by atoms with van der Waals surface area (Å²) in [6, 6.07) is 31.5. The van der Waals surface area contributed by atoms with Gasteiger partial charge in [0.2, 0.25) is 5.91 Å². The average molecular weight is 929 g/mol. The van der Waals surface area contributed by atoms with Crippen molar-refractivity contribution in [2.24, 2.45) is 11.8 Å². The molecule has 5 aromatic rings. The van der Waals surface area contributed by atoms with E-state index in [0.717, 1.165) is 54.7 Å². The Hall–Kier alpha value is -6.07. The monoisotopic (exact) mass is 927 g/mol.